The summed E-state index contributed by atoms with van der Waals surface area (Å²) < 4.78 is 20.6. The number of nitrogens with zero attached hydrogens (tertiary/aromatic N) is 2. The van der Waals surface area contributed by atoms with Crippen molar-refractivity contribution in [2.45, 2.75) is 271 Å². The highest BCUT2D eigenvalue weighted by molar-refractivity contribution is 5.94. The second kappa shape index (κ2) is 39.6. The van der Waals surface area contributed by atoms with Crippen molar-refractivity contribution >= 4 is 45.9 Å². The first kappa shape index (κ1) is 62.4. The molecule has 1 aromatic carbocycles. The van der Waals surface area contributed by atoms with Crippen LogP contribution in [0.2, 0.25) is 0 Å². The predicted molar refractivity (Wildman–Crippen MR) is 337 cm³/mol. The molecule has 0 spiro atoms. The highest BCUT2D eigenvalue weighted by Crippen LogP contribution is 2.43. The first-order chi connectivity index (χ1) is 38.6. The summed E-state index contributed by atoms with van der Waals surface area (Å²) in [5, 5.41) is 0. The number of benzene rings is 1. The molecule has 0 saturated heterocycles. The van der Waals surface area contributed by atoms with Crippen molar-refractivity contribution < 1.29 is 14.2 Å². The molecule has 6 rings (SSSR count). The van der Waals surface area contributed by atoms with Crippen molar-refractivity contribution in [2.75, 3.05) is 19.8 Å². The maximum Gasteiger partial charge on any atom is 0.203 e. The standard InChI is InChI=1S/C71H108N4O3/c1-4-7-10-13-16-19-22-25-28-31-34-37-40-49-76-69-52-59(67-57-66-56-64-46-45-62(73-64)54-60-43-44-61(72-60)55-63-47-48-65(74-63)58-68(67)75-66)53-70(77-50-41-38-35-32-29-26-23-20-17-14-11-8-5-2)71(69)78-51-42-39-36-33-30-27-24-21-18-15-12-9-6-3/h43-48,52-58,72-73H,4-42,49-51H2,1-3H3. The second-order valence-corrected chi connectivity index (χ2v) is 23.2. The molecule has 0 aliphatic carbocycles. The van der Waals surface area contributed by atoms with Crippen LogP contribution >= 0.6 is 0 Å². The maximum atomic E-state index is 6.89. The topological polar surface area (TPSA) is 85.1 Å². The largest absolute Gasteiger partial charge is 0.490 e. The average Bonchev–Trinajstić information content (AvgIpc) is 4.31. The van der Waals surface area contributed by atoms with E-state index < -0.39 is 0 Å². The molecular weight excluding hydrogens is 957 g/mol. The SMILES string of the molecule is CCCCCCCCCCCCCCCOc1cc(C2=Cc3cc4ccc(cc5ccc(cc6nc(cc2n3)C=C6)[nH]5)[nH]4)cc(OCCCCCCCCCCCCCCC)c1OCCCCCCCCCCCCCCC. The number of ether oxygens (including phenoxy) is 3. The molecule has 5 heterocycles. The zero-order valence-electron chi connectivity index (χ0n) is 49.8. The third kappa shape index (κ3) is 25.1. The van der Waals surface area contributed by atoms with E-state index in [-0.39, 0.29) is 0 Å². The molecule has 0 atom stereocenters. The molecule has 0 fully saturated rings. The molecule has 0 amide bonds. The Kier molecular flexibility index (Phi) is 31.7. The zero-order valence-corrected chi connectivity index (χ0v) is 49.8. The summed E-state index contributed by atoms with van der Waals surface area (Å²) in [5.74, 6) is 2.30. The molecule has 7 heteroatoms. The molecule has 430 valence electrons. The van der Waals surface area contributed by atoms with Crippen LogP contribution in [0.1, 0.15) is 300 Å². The summed E-state index contributed by atoms with van der Waals surface area (Å²) in [6.45, 7) is 8.86. The summed E-state index contributed by atoms with van der Waals surface area (Å²) in [5.41, 5.74) is 9.62. The van der Waals surface area contributed by atoms with Crippen molar-refractivity contribution in [2.24, 2.45) is 0 Å². The smallest absolute Gasteiger partial charge is 0.203 e. The lowest BCUT2D eigenvalue weighted by molar-refractivity contribution is 0.234. The van der Waals surface area contributed by atoms with Gasteiger partial charge in [-0.1, -0.05) is 252 Å². The molecule has 8 bridgehead atoms. The average molecular weight is 1070 g/mol. The molecule has 2 aliphatic heterocycles. The fourth-order valence-electron chi connectivity index (χ4n) is 11.2. The zero-order chi connectivity index (χ0) is 54.3. The molecular formula is C71H108N4O3. The number of aromatic nitrogens is 4. The Morgan fingerprint density at radius 1 is 0.321 bits per heavy atom. The van der Waals surface area contributed by atoms with Crippen LogP contribution in [-0.4, -0.2) is 39.8 Å². The maximum absolute atomic E-state index is 6.89. The Labute approximate surface area is 475 Å². The third-order valence-corrected chi connectivity index (χ3v) is 16.0. The third-order valence-electron chi connectivity index (χ3n) is 16.0. The van der Waals surface area contributed by atoms with Gasteiger partial charge in [0.15, 0.2) is 11.5 Å². The lowest BCUT2D eigenvalue weighted by Gasteiger charge is -2.19. The Hall–Kier alpha value is -4.78. The Morgan fingerprint density at radius 2 is 0.641 bits per heavy atom. The van der Waals surface area contributed by atoms with Crippen LogP contribution in [-0.2, 0) is 0 Å². The lowest BCUT2D eigenvalue weighted by atomic mass is 10.0. The monoisotopic (exact) mass is 1060 g/mol. The number of H-pyrrole nitrogens is 2. The Morgan fingerprint density at radius 3 is 1.03 bits per heavy atom. The number of fused-ring (bicyclic) bond motifs is 8. The molecule has 0 radical (unpaired) electrons. The van der Waals surface area contributed by atoms with Crippen molar-refractivity contribution in [3.63, 3.8) is 0 Å². The van der Waals surface area contributed by atoms with Gasteiger partial charge in [-0.05, 0) is 104 Å². The molecule has 78 heavy (non-hydrogen) atoms. The molecule has 4 aromatic rings. The minimum atomic E-state index is 0.650. The highest BCUT2D eigenvalue weighted by atomic mass is 16.5. The van der Waals surface area contributed by atoms with E-state index in [1.807, 2.05) is 0 Å². The normalized spacial score (nSPS) is 12.2. The second-order valence-electron chi connectivity index (χ2n) is 23.2. The van der Waals surface area contributed by atoms with Gasteiger partial charge in [0.2, 0.25) is 5.75 Å². The summed E-state index contributed by atoms with van der Waals surface area (Å²) in [6.07, 6.45) is 58.0. The molecule has 7 nitrogen and oxygen atoms in total. The predicted octanol–water partition coefficient (Wildman–Crippen LogP) is 22.5. The Bertz CT molecular complexity index is 2390. The van der Waals surface area contributed by atoms with Gasteiger partial charge >= 0.3 is 0 Å². The minimum Gasteiger partial charge on any atom is -0.490 e. The van der Waals surface area contributed by atoms with Gasteiger partial charge in [-0.2, -0.15) is 0 Å². The summed E-state index contributed by atoms with van der Waals surface area (Å²) >= 11 is 0. The fraction of sp³-hybridized carbons (Fsp3) is 0.634. The number of hydrogen-bond acceptors (Lipinski definition) is 5. The van der Waals surface area contributed by atoms with Gasteiger partial charge in [0.1, 0.15) is 0 Å². The van der Waals surface area contributed by atoms with Crippen molar-refractivity contribution in [1.82, 2.24) is 19.9 Å². The molecule has 0 unspecified atom stereocenters. The van der Waals surface area contributed by atoms with Gasteiger partial charge in [0, 0.05) is 27.6 Å². The van der Waals surface area contributed by atoms with E-state index in [1.165, 1.54) is 231 Å². The van der Waals surface area contributed by atoms with Gasteiger partial charge in [0.25, 0.3) is 0 Å². The molecule has 0 saturated carbocycles. The van der Waals surface area contributed by atoms with E-state index in [1.54, 1.807) is 0 Å². The van der Waals surface area contributed by atoms with Crippen LogP contribution in [0.4, 0.5) is 0 Å². The van der Waals surface area contributed by atoms with Gasteiger partial charge < -0.3 is 24.2 Å². The van der Waals surface area contributed by atoms with Gasteiger partial charge in [0.05, 0.1) is 42.6 Å². The molecule has 2 N–H and O–H groups in total. The fourth-order valence-corrected chi connectivity index (χ4v) is 11.2. The first-order valence-corrected chi connectivity index (χ1v) is 32.8. The van der Waals surface area contributed by atoms with E-state index in [0.29, 0.717) is 19.8 Å². The molecule has 3 aromatic heterocycles. The van der Waals surface area contributed by atoms with Crippen molar-refractivity contribution in [1.29, 1.82) is 0 Å². The summed E-state index contributed by atoms with van der Waals surface area (Å²) in [6, 6.07) is 21.3. The van der Waals surface area contributed by atoms with Crippen LogP contribution in [0.25, 0.3) is 45.9 Å². The lowest BCUT2D eigenvalue weighted by Crippen LogP contribution is -2.07. The van der Waals surface area contributed by atoms with Gasteiger partial charge in [-0.25, -0.2) is 9.97 Å². The van der Waals surface area contributed by atoms with Crippen LogP contribution in [0.5, 0.6) is 17.2 Å². The first-order valence-electron chi connectivity index (χ1n) is 32.8. The van der Waals surface area contributed by atoms with E-state index in [0.717, 1.165) is 92.5 Å². The van der Waals surface area contributed by atoms with E-state index in [9.17, 15) is 0 Å². The van der Waals surface area contributed by atoms with E-state index in [2.05, 4.69) is 110 Å². The van der Waals surface area contributed by atoms with Crippen LogP contribution in [0.15, 0.2) is 60.7 Å². The number of hydrogen-bond donors (Lipinski definition) is 2. The number of rotatable bonds is 46. The number of nitrogens with one attached hydrogen (secondary N) is 2. The van der Waals surface area contributed by atoms with Crippen LogP contribution in [0.3, 0.4) is 0 Å². The van der Waals surface area contributed by atoms with E-state index in [4.69, 9.17) is 24.2 Å². The Balaban J connectivity index is 1.16. The van der Waals surface area contributed by atoms with Gasteiger partial charge in [-0.3, -0.25) is 0 Å². The van der Waals surface area contributed by atoms with E-state index >= 15 is 0 Å². The van der Waals surface area contributed by atoms with Crippen molar-refractivity contribution in [3.8, 4) is 17.2 Å². The highest BCUT2D eigenvalue weighted by Gasteiger charge is 2.21. The summed E-state index contributed by atoms with van der Waals surface area (Å²) in [7, 11) is 0. The number of unbranched alkanes of at least 4 members (excludes halogenated alkanes) is 36. The van der Waals surface area contributed by atoms with Crippen LogP contribution < -0.4 is 14.2 Å². The van der Waals surface area contributed by atoms with Crippen LogP contribution in [0, 0.1) is 0 Å². The van der Waals surface area contributed by atoms with Gasteiger partial charge in [-0.15, -0.1) is 0 Å². The minimum absolute atomic E-state index is 0.650. The van der Waals surface area contributed by atoms with Crippen molar-refractivity contribution in [3.05, 3.63) is 89.0 Å². The summed E-state index contributed by atoms with van der Waals surface area (Å²) in [4.78, 5) is 17.4. The quantitative estimate of drug-likeness (QED) is 0.0372. The molecule has 2 aliphatic rings. The number of aromatic amines is 2.